The van der Waals surface area contributed by atoms with Gasteiger partial charge in [0.25, 0.3) is 0 Å². The van der Waals surface area contributed by atoms with Gasteiger partial charge in [0.2, 0.25) is 0 Å². The van der Waals surface area contributed by atoms with Gasteiger partial charge in [0.1, 0.15) is 67.9 Å². The van der Waals surface area contributed by atoms with Crippen LogP contribution in [-0.4, -0.2) is 181 Å². The first-order valence-corrected chi connectivity index (χ1v) is 40.6. The zero-order valence-electron chi connectivity index (χ0n) is 65.1. The normalized spacial score (nSPS) is 17.2. The summed E-state index contributed by atoms with van der Waals surface area (Å²) in [6.45, 7) is 8.36. The summed E-state index contributed by atoms with van der Waals surface area (Å²) in [7, 11) is 0.519. The molecule has 6 heterocycles. The summed E-state index contributed by atoms with van der Waals surface area (Å²) in [5, 5.41) is 22.5. The molecular formula is C84H102ClF9N12O7S. The minimum atomic E-state index is -5.60. The number of rotatable bonds is 27. The highest BCUT2D eigenvalue weighted by Crippen LogP contribution is 2.52. The first kappa shape index (κ1) is 85.9. The third kappa shape index (κ3) is 20.5. The maximum absolute atomic E-state index is 15.1. The Morgan fingerprint density at radius 1 is 0.465 bits per heavy atom. The summed E-state index contributed by atoms with van der Waals surface area (Å²) in [5.74, 6) is 6.24. The Hall–Kier alpha value is -8.93. The second kappa shape index (κ2) is 37.8. The Morgan fingerprint density at radius 2 is 0.781 bits per heavy atom. The van der Waals surface area contributed by atoms with Crippen LogP contribution in [0.1, 0.15) is 156 Å². The fraction of sp³-hybridized carbons (Fsp3) is 0.500. The summed E-state index contributed by atoms with van der Waals surface area (Å²) >= 11 is 0. The molecular weight excluding hydrogens is 1530 g/mol. The summed E-state index contributed by atoms with van der Waals surface area (Å²) < 4.78 is 150. The molecule has 2 N–H and O–H groups in total. The molecule has 3 aliphatic carbocycles. The molecule has 15 rings (SSSR count). The Kier molecular flexibility index (Phi) is 28.5. The van der Waals surface area contributed by atoms with Crippen molar-refractivity contribution in [3.05, 3.63) is 162 Å². The maximum Gasteiger partial charge on any atom is 0.523 e. The molecule has 9 aromatic rings. The highest BCUT2D eigenvalue weighted by molar-refractivity contribution is 7.87. The van der Waals surface area contributed by atoms with Gasteiger partial charge in [0.15, 0.2) is 34.5 Å². The molecule has 30 heteroatoms. The average Bonchev–Trinajstić information content (AvgIpc) is 1.67. The molecule has 3 saturated heterocycles. The standard InChI is InChI=1S/C28H34F2N4O.C27H32F2N4O2.C26H31FN4O.C3H4F4O3S.ClH/c1-3-15-33(2)21-8-9-24-23(19-21)26(32-27(31-24)28(30)12-13-28)34-16-10-20(11-17-34)22-6-4-5-7-25(22)35-18-14-29;1-32(15-16-34)20-6-7-23-22(18-20)25(31-26(30-23)27(29)10-11-27)33-13-8-19(9-14-33)21-4-2-3-5-24(21)35-17-12-28;1-3-14-30(2)19-8-9-22-21(17-19)24(29-25(28-22)26(27)12-13-26)31-15-10-18(11-16-31)20-6-4-5-7-23(20)32;4-1-2-10-11(8,9)3(5,6)7;/h4-9,19-20H,3,10-18H2,1-2H3;2-7,18-19,34H,8-17H2,1H3;4-9,17-18,32H,3,10-16H2,1-2H3;1-2H2;1H. The van der Waals surface area contributed by atoms with Crippen LogP contribution >= 0.6 is 12.4 Å². The highest BCUT2D eigenvalue weighted by Gasteiger charge is 2.51. The largest absolute Gasteiger partial charge is 0.523 e. The second-order valence-electron chi connectivity index (χ2n) is 30.0. The number of anilines is 6. The summed E-state index contributed by atoms with van der Waals surface area (Å²) in [6, 6.07) is 41.8. The van der Waals surface area contributed by atoms with E-state index in [0.29, 0.717) is 80.2 Å². The van der Waals surface area contributed by atoms with E-state index in [0.717, 1.165) is 199 Å². The van der Waals surface area contributed by atoms with E-state index in [2.05, 4.69) is 108 Å². The van der Waals surface area contributed by atoms with Crippen LogP contribution in [0.2, 0.25) is 0 Å². The maximum atomic E-state index is 15.1. The van der Waals surface area contributed by atoms with Gasteiger partial charge in [0, 0.05) is 113 Å². The van der Waals surface area contributed by atoms with E-state index in [1.54, 1.807) is 6.07 Å². The van der Waals surface area contributed by atoms with E-state index in [1.807, 2.05) is 96.9 Å². The number of aliphatic hydroxyl groups excluding tert-OH is 1. The molecule has 114 heavy (non-hydrogen) atoms. The molecule has 0 atom stereocenters. The predicted molar refractivity (Wildman–Crippen MR) is 433 cm³/mol. The number of hydrogen-bond acceptors (Lipinski definition) is 19. The fourth-order valence-electron chi connectivity index (χ4n) is 15.0. The topological polar surface area (TPSA) is 199 Å². The van der Waals surface area contributed by atoms with Crippen LogP contribution in [0.3, 0.4) is 0 Å². The van der Waals surface area contributed by atoms with E-state index in [4.69, 9.17) is 24.4 Å². The number of aromatic nitrogens is 6. The molecule has 6 aromatic carbocycles. The van der Waals surface area contributed by atoms with Gasteiger partial charge in [0.05, 0.1) is 29.8 Å². The lowest BCUT2D eigenvalue weighted by atomic mass is 9.88. The van der Waals surface area contributed by atoms with Crippen molar-refractivity contribution in [2.24, 2.45) is 0 Å². The minimum Gasteiger partial charge on any atom is -0.508 e. The van der Waals surface area contributed by atoms with E-state index in [9.17, 15) is 49.4 Å². The van der Waals surface area contributed by atoms with E-state index < -0.39 is 59.3 Å². The lowest BCUT2D eigenvalue weighted by molar-refractivity contribution is -0.0544. The zero-order valence-corrected chi connectivity index (χ0v) is 66.7. The van der Waals surface area contributed by atoms with E-state index in [1.165, 1.54) is 0 Å². The minimum absolute atomic E-state index is 0. The van der Waals surface area contributed by atoms with Crippen molar-refractivity contribution < 1.29 is 71.8 Å². The van der Waals surface area contributed by atoms with Gasteiger partial charge in [-0.3, -0.25) is 4.18 Å². The van der Waals surface area contributed by atoms with Crippen LogP contribution in [0.25, 0.3) is 32.7 Å². The van der Waals surface area contributed by atoms with Crippen molar-refractivity contribution in [3.63, 3.8) is 0 Å². The number of ether oxygens (including phenoxy) is 2. The van der Waals surface area contributed by atoms with Crippen molar-refractivity contribution in [2.45, 2.75) is 144 Å². The zero-order chi connectivity index (χ0) is 80.2. The molecule has 6 aliphatic rings. The van der Waals surface area contributed by atoms with Crippen LogP contribution in [0.15, 0.2) is 127 Å². The monoisotopic (exact) mass is 1630 g/mol. The Labute approximate surface area is 666 Å². The summed E-state index contributed by atoms with van der Waals surface area (Å²) in [4.78, 5) is 41.5. The number of aromatic hydroxyl groups is 1. The number of alkyl halides is 9. The fourth-order valence-corrected chi connectivity index (χ4v) is 15.4. The van der Waals surface area contributed by atoms with Crippen LogP contribution < -0.4 is 38.9 Å². The molecule has 0 bridgehead atoms. The van der Waals surface area contributed by atoms with Crippen molar-refractivity contribution in [3.8, 4) is 17.2 Å². The van der Waals surface area contributed by atoms with Gasteiger partial charge in [-0.1, -0.05) is 68.4 Å². The number of likely N-dealkylation sites (N-methyl/N-ethyl adjacent to an activating group) is 1. The smallest absolute Gasteiger partial charge is 0.508 e. The van der Waals surface area contributed by atoms with E-state index >= 15 is 8.78 Å². The number of nitrogens with zero attached hydrogens (tertiary/aromatic N) is 12. The molecule has 0 unspecified atom stereocenters. The SMILES string of the molecule is CCCN(C)c1ccc2nc(C3(F)CC3)nc(N3CCC(c4ccccc4O)CC3)c2c1.CCCN(C)c1ccc2nc(C3(F)CC3)nc(N3CCC(c4ccccc4OCCF)CC3)c2c1.CN(CCO)c1ccc2nc(C3(F)CC3)nc(N3CCC(c4ccccc4OCCF)CC3)c2c1.Cl.O=S(=O)(OCCF)C(F)(F)F. The Balaban J connectivity index is 0.000000157. The quantitative estimate of drug-likeness (QED) is 0.0280. The summed E-state index contributed by atoms with van der Waals surface area (Å²) in [5.41, 5.74) is -0.815. The van der Waals surface area contributed by atoms with Crippen LogP contribution in [0, 0.1) is 0 Å². The second-order valence-corrected chi connectivity index (χ2v) is 31.6. The third-order valence-electron chi connectivity index (χ3n) is 21.9. The molecule has 3 saturated carbocycles. The highest BCUT2D eigenvalue weighted by atomic mass is 35.5. The van der Waals surface area contributed by atoms with Crippen LogP contribution in [-0.2, 0) is 31.3 Å². The number of benzene rings is 6. The molecule has 19 nitrogen and oxygen atoms in total. The third-order valence-corrected chi connectivity index (χ3v) is 22.9. The van der Waals surface area contributed by atoms with Crippen molar-refractivity contribution in [2.75, 3.05) is 156 Å². The predicted octanol–water partition coefficient (Wildman–Crippen LogP) is 17.7. The first-order chi connectivity index (χ1) is 54.3. The van der Waals surface area contributed by atoms with Crippen LogP contribution in [0.4, 0.5) is 74.0 Å². The van der Waals surface area contributed by atoms with Gasteiger partial charge < -0.3 is 49.1 Å². The average molecular weight is 1630 g/mol. The molecule has 6 fully saturated rings. The number of phenolic OH excluding ortho intramolecular Hbond substituents is 1. The van der Waals surface area contributed by atoms with Crippen molar-refractivity contribution in [1.29, 1.82) is 0 Å². The number of aliphatic hydroxyl groups is 1. The summed E-state index contributed by atoms with van der Waals surface area (Å²) in [6.07, 6.45) is 10.5. The molecule has 616 valence electrons. The molecule has 3 aromatic heterocycles. The number of para-hydroxylation sites is 3. The number of halogens is 10. The number of fused-ring (bicyclic) bond motifs is 3. The van der Waals surface area contributed by atoms with Gasteiger partial charge in [-0.15, -0.1) is 12.4 Å². The number of phenols is 1. The first-order valence-electron chi connectivity index (χ1n) is 39.2. The molecule has 3 aliphatic heterocycles. The van der Waals surface area contributed by atoms with Gasteiger partial charge in [-0.05, 0) is 197 Å². The Bertz CT molecular complexity index is 4630. The van der Waals surface area contributed by atoms with Gasteiger partial charge in [-0.2, -0.15) is 21.6 Å². The molecule has 0 radical (unpaired) electrons. The van der Waals surface area contributed by atoms with Crippen LogP contribution in [0.5, 0.6) is 17.2 Å². The lowest BCUT2D eigenvalue weighted by Gasteiger charge is -2.34. The lowest BCUT2D eigenvalue weighted by Crippen LogP contribution is -2.34. The van der Waals surface area contributed by atoms with Gasteiger partial charge in [-0.25, -0.2) is 56.2 Å². The van der Waals surface area contributed by atoms with E-state index in [-0.39, 0.29) is 38.1 Å². The van der Waals surface area contributed by atoms with Gasteiger partial charge >= 0.3 is 15.6 Å². The van der Waals surface area contributed by atoms with Crippen molar-refractivity contribution in [1.82, 2.24) is 29.9 Å². The molecule has 0 spiro atoms. The van der Waals surface area contributed by atoms with Crippen molar-refractivity contribution >= 4 is 89.7 Å². The Morgan fingerprint density at radius 3 is 1.09 bits per heavy atom. The molecule has 0 amide bonds. The number of piperidine rings is 3. The number of hydrogen-bond donors (Lipinski definition) is 2.